The van der Waals surface area contributed by atoms with Gasteiger partial charge in [0.05, 0.1) is 19.3 Å². The van der Waals surface area contributed by atoms with Gasteiger partial charge in [0.2, 0.25) is 0 Å². The van der Waals surface area contributed by atoms with E-state index >= 15 is 0 Å². The fraction of sp³-hybridized carbons (Fsp3) is 0.150. The fourth-order valence-electron chi connectivity index (χ4n) is 2.72. The molecule has 0 unspecified atom stereocenters. The van der Waals surface area contributed by atoms with E-state index in [2.05, 4.69) is 10.3 Å². The molecule has 2 N–H and O–H groups in total. The average molecular weight is 383 g/mol. The number of amides is 1. The summed E-state index contributed by atoms with van der Waals surface area (Å²) in [6.45, 7) is 1.55. The number of aryl methyl sites for hydroxylation is 1. The number of aromatic amines is 1. The van der Waals surface area contributed by atoms with E-state index in [0.717, 1.165) is 16.3 Å². The smallest absolute Gasteiger partial charge is 0.328 e. The number of anilines is 1. The predicted octanol–water partition coefficient (Wildman–Crippen LogP) is 2.29. The van der Waals surface area contributed by atoms with Gasteiger partial charge in [-0.25, -0.2) is 9.18 Å². The summed E-state index contributed by atoms with van der Waals surface area (Å²) >= 11 is 0. The van der Waals surface area contributed by atoms with Crippen molar-refractivity contribution in [3.05, 3.63) is 92.0 Å². The molecule has 0 aliphatic heterocycles. The van der Waals surface area contributed by atoms with Crippen molar-refractivity contribution in [3.63, 3.8) is 0 Å². The van der Waals surface area contributed by atoms with Gasteiger partial charge in [-0.3, -0.25) is 14.2 Å². The van der Waals surface area contributed by atoms with E-state index in [0.29, 0.717) is 11.4 Å². The molecule has 0 fully saturated rings. The monoisotopic (exact) mass is 383 g/mol. The largest absolute Gasteiger partial charge is 0.495 e. The standard InChI is InChI=1S/C20H18FN3O4/c1-12-7-8-17(28-2)16(9-12)23-18(25)14-10-22-20(27)24(19(14)26)11-13-5-3-4-6-15(13)21/h3-10H,11H2,1-2H3,(H,22,27)(H,23,25). The van der Waals surface area contributed by atoms with Gasteiger partial charge in [-0.05, 0) is 30.7 Å². The molecule has 0 spiro atoms. The molecular formula is C20H18FN3O4. The van der Waals surface area contributed by atoms with Crippen LogP contribution in [0.15, 0.2) is 58.3 Å². The first-order valence-corrected chi connectivity index (χ1v) is 8.42. The second kappa shape index (κ2) is 7.91. The van der Waals surface area contributed by atoms with E-state index in [-0.39, 0.29) is 17.7 Å². The van der Waals surface area contributed by atoms with E-state index in [1.54, 1.807) is 18.2 Å². The Morgan fingerprint density at radius 1 is 1.21 bits per heavy atom. The Morgan fingerprint density at radius 2 is 1.96 bits per heavy atom. The van der Waals surface area contributed by atoms with Crippen molar-refractivity contribution < 1.29 is 13.9 Å². The van der Waals surface area contributed by atoms with Gasteiger partial charge in [0.15, 0.2) is 0 Å². The number of methoxy groups -OCH3 is 1. The molecule has 1 aromatic heterocycles. The van der Waals surface area contributed by atoms with Crippen molar-refractivity contribution in [2.75, 3.05) is 12.4 Å². The molecule has 1 amide bonds. The fourth-order valence-corrected chi connectivity index (χ4v) is 2.72. The summed E-state index contributed by atoms with van der Waals surface area (Å²) in [5.41, 5.74) is -0.408. The second-order valence-electron chi connectivity index (χ2n) is 6.15. The highest BCUT2D eigenvalue weighted by atomic mass is 19.1. The van der Waals surface area contributed by atoms with Crippen LogP contribution >= 0.6 is 0 Å². The van der Waals surface area contributed by atoms with Gasteiger partial charge in [-0.1, -0.05) is 24.3 Å². The first-order valence-electron chi connectivity index (χ1n) is 8.42. The van der Waals surface area contributed by atoms with Crippen molar-refractivity contribution in [3.8, 4) is 5.75 Å². The highest BCUT2D eigenvalue weighted by Gasteiger charge is 2.17. The maximum Gasteiger partial charge on any atom is 0.328 e. The molecule has 3 rings (SSSR count). The highest BCUT2D eigenvalue weighted by Crippen LogP contribution is 2.25. The molecule has 28 heavy (non-hydrogen) atoms. The topological polar surface area (TPSA) is 93.2 Å². The summed E-state index contributed by atoms with van der Waals surface area (Å²) in [7, 11) is 1.46. The van der Waals surface area contributed by atoms with E-state index in [9.17, 15) is 18.8 Å². The first kappa shape index (κ1) is 19.1. The summed E-state index contributed by atoms with van der Waals surface area (Å²) in [5, 5.41) is 2.61. The van der Waals surface area contributed by atoms with Crippen LogP contribution in [-0.4, -0.2) is 22.6 Å². The lowest BCUT2D eigenvalue weighted by Crippen LogP contribution is -2.39. The molecular weight excluding hydrogens is 365 g/mol. The lowest BCUT2D eigenvalue weighted by Gasteiger charge is -2.12. The van der Waals surface area contributed by atoms with E-state index in [1.807, 2.05) is 13.0 Å². The summed E-state index contributed by atoms with van der Waals surface area (Å²) < 4.78 is 19.9. The molecule has 0 radical (unpaired) electrons. The minimum Gasteiger partial charge on any atom is -0.495 e. The number of H-pyrrole nitrogens is 1. The Bertz CT molecular complexity index is 1150. The van der Waals surface area contributed by atoms with E-state index in [1.165, 1.54) is 25.3 Å². The molecule has 0 atom stereocenters. The van der Waals surface area contributed by atoms with Crippen molar-refractivity contribution in [1.29, 1.82) is 0 Å². The first-order chi connectivity index (χ1) is 13.4. The Kier molecular flexibility index (Phi) is 5.39. The third-order valence-electron chi connectivity index (χ3n) is 4.19. The number of hydrogen-bond acceptors (Lipinski definition) is 4. The summed E-state index contributed by atoms with van der Waals surface area (Å²) in [4.78, 5) is 39.7. The number of hydrogen-bond donors (Lipinski definition) is 2. The molecule has 3 aromatic rings. The number of carbonyl (C=O) groups excluding carboxylic acids is 1. The zero-order chi connectivity index (χ0) is 20.3. The van der Waals surface area contributed by atoms with Gasteiger partial charge in [-0.15, -0.1) is 0 Å². The molecule has 0 aliphatic rings. The zero-order valence-electron chi connectivity index (χ0n) is 15.3. The molecule has 144 valence electrons. The number of rotatable bonds is 5. The minimum absolute atomic E-state index is 0.160. The lowest BCUT2D eigenvalue weighted by molar-refractivity contribution is 0.102. The molecule has 7 nitrogen and oxygen atoms in total. The quantitative estimate of drug-likeness (QED) is 0.707. The molecule has 8 heteroatoms. The van der Waals surface area contributed by atoms with Crippen molar-refractivity contribution in [2.45, 2.75) is 13.5 Å². The molecule has 0 bridgehead atoms. The normalized spacial score (nSPS) is 10.5. The molecule has 2 aromatic carbocycles. The van der Waals surface area contributed by atoms with E-state index < -0.39 is 23.0 Å². The summed E-state index contributed by atoms with van der Waals surface area (Å²) in [5.74, 6) is -0.837. The Hall–Kier alpha value is -3.68. The Balaban J connectivity index is 1.96. The Labute approximate surface area is 159 Å². The van der Waals surface area contributed by atoms with Crippen LogP contribution < -0.4 is 21.3 Å². The minimum atomic E-state index is -0.823. The maximum atomic E-state index is 13.9. The van der Waals surface area contributed by atoms with Crippen LogP contribution in [0.4, 0.5) is 10.1 Å². The van der Waals surface area contributed by atoms with Crippen LogP contribution in [0.25, 0.3) is 0 Å². The van der Waals surface area contributed by atoms with Gasteiger partial charge in [0.25, 0.3) is 11.5 Å². The van der Waals surface area contributed by atoms with Crippen LogP contribution in [0.3, 0.4) is 0 Å². The zero-order valence-corrected chi connectivity index (χ0v) is 15.3. The van der Waals surface area contributed by atoms with Gasteiger partial charge in [0, 0.05) is 11.8 Å². The van der Waals surface area contributed by atoms with Crippen LogP contribution in [0.1, 0.15) is 21.5 Å². The van der Waals surface area contributed by atoms with Crippen molar-refractivity contribution in [1.82, 2.24) is 9.55 Å². The number of nitrogens with one attached hydrogen (secondary N) is 2. The molecule has 0 saturated heterocycles. The third kappa shape index (κ3) is 3.85. The van der Waals surface area contributed by atoms with Gasteiger partial charge in [0.1, 0.15) is 17.1 Å². The number of carbonyl (C=O) groups is 1. The third-order valence-corrected chi connectivity index (χ3v) is 4.19. The van der Waals surface area contributed by atoms with Gasteiger partial charge < -0.3 is 15.0 Å². The average Bonchev–Trinajstić information content (AvgIpc) is 2.66. The van der Waals surface area contributed by atoms with Crippen LogP contribution in [-0.2, 0) is 6.54 Å². The highest BCUT2D eigenvalue weighted by molar-refractivity contribution is 6.04. The maximum absolute atomic E-state index is 13.9. The summed E-state index contributed by atoms with van der Waals surface area (Å²) in [6.07, 6.45) is 1.04. The number of halogens is 1. The second-order valence-corrected chi connectivity index (χ2v) is 6.15. The SMILES string of the molecule is COc1ccc(C)cc1NC(=O)c1c[nH]c(=O)n(Cc2ccccc2F)c1=O. The number of aromatic nitrogens is 2. The molecule has 0 saturated carbocycles. The molecule has 1 heterocycles. The predicted molar refractivity (Wildman–Crippen MR) is 103 cm³/mol. The summed E-state index contributed by atoms with van der Waals surface area (Å²) in [6, 6.07) is 11.0. The molecule has 0 aliphatic carbocycles. The van der Waals surface area contributed by atoms with Crippen molar-refractivity contribution in [2.24, 2.45) is 0 Å². The Morgan fingerprint density at radius 3 is 2.68 bits per heavy atom. The van der Waals surface area contributed by atoms with Gasteiger partial charge >= 0.3 is 5.69 Å². The van der Waals surface area contributed by atoms with Crippen LogP contribution in [0.5, 0.6) is 5.75 Å². The van der Waals surface area contributed by atoms with Crippen LogP contribution in [0, 0.1) is 12.7 Å². The van der Waals surface area contributed by atoms with Gasteiger partial charge in [-0.2, -0.15) is 0 Å². The number of ether oxygens (including phenoxy) is 1. The lowest BCUT2D eigenvalue weighted by atomic mass is 10.2. The van der Waals surface area contributed by atoms with E-state index in [4.69, 9.17) is 4.74 Å². The number of nitrogens with zero attached hydrogens (tertiary/aromatic N) is 1. The number of benzene rings is 2. The van der Waals surface area contributed by atoms with Crippen molar-refractivity contribution >= 4 is 11.6 Å². The van der Waals surface area contributed by atoms with Crippen LogP contribution in [0.2, 0.25) is 0 Å².